The van der Waals surface area contributed by atoms with Gasteiger partial charge in [0.1, 0.15) is 21.3 Å². The van der Waals surface area contributed by atoms with Crippen LogP contribution in [0.4, 0.5) is 0 Å². The van der Waals surface area contributed by atoms with E-state index in [4.69, 9.17) is 14.5 Å². The lowest BCUT2D eigenvalue weighted by atomic mass is 10.5. The fourth-order valence-corrected chi connectivity index (χ4v) is 1.17. The van der Waals surface area contributed by atoms with Crippen LogP contribution in [0.5, 0.6) is 0 Å². The Labute approximate surface area is 83.1 Å². The highest BCUT2D eigenvalue weighted by atomic mass is 35.5. The molecule has 12 heavy (non-hydrogen) atoms. The van der Waals surface area contributed by atoms with Gasteiger partial charge in [0.2, 0.25) is 0 Å². The summed E-state index contributed by atoms with van der Waals surface area (Å²) in [5.74, 6) is 0. The van der Waals surface area contributed by atoms with Gasteiger partial charge in [-0.15, -0.1) is 14.5 Å². The van der Waals surface area contributed by atoms with Crippen molar-refractivity contribution >= 4 is 10.2 Å². The number of quaternary nitrogens is 1. The molecule has 0 saturated heterocycles. The zero-order chi connectivity index (χ0) is 8.74. The summed E-state index contributed by atoms with van der Waals surface area (Å²) in [6, 6.07) is 1.23. The Bertz CT molecular complexity index is 94.5. The van der Waals surface area contributed by atoms with E-state index in [0.29, 0.717) is 0 Å². The van der Waals surface area contributed by atoms with Crippen LogP contribution in [0, 0.1) is 0 Å². The van der Waals surface area contributed by atoms with Crippen molar-refractivity contribution < 1.29 is 31.9 Å². The molecule has 0 aromatic heterocycles. The number of halogens is 1. The van der Waals surface area contributed by atoms with Crippen LogP contribution in [-0.2, 0) is 14.5 Å². The molecule has 0 amide bonds. The summed E-state index contributed by atoms with van der Waals surface area (Å²) in [7, 11) is 5.92. The summed E-state index contributed by atoms with van der Waals surface area (Å²) in [6.45, 7) is 0.743. The van der Waals surface area contributed by atoms with Gasteiger partial charge in [-0.1, -0.05) is 6.04 Å². The van der Waals surface area contributed by atoms with E-state index in [1.54, 1.807) is 21.3 Å². The Morgan fingerprint density at radius 1 is 1.08 bits per heavy atom. The summed E-state index contributed by atoms with van der Waals surface area (Å²) in [5, 5.41) is 0. The van der Waals surface area contributed by atoms with E-state index in [1.165, 1.54) is 16.3 Å². The zero-order valence-electron chi connectivity index (χ0n) is 8.17. The summed E-state index contributed by atoms with van der Waals surface area (Å²) in [5.41, 5.74) is 0. The third-order valence-corrected chi connectivity index (χ3v) is 2.33. The average molecular weight is 216 g/mol. The van der Waals surface area contributed by atoms with Crippen LogP contribution in [0.15, 0.2) is 0 Å². The molecule has 76 valence electrons. The Hall–Kier alpha value is 0.347. The Balaban J connectivity index is 0. The molecular formula is C6H18ClNO3Si. The van der Waals surface area contributed by atoms with E-state index < -0.39 is 0 Å². The van der Waals surface area contributed by atoms with Gasteiger partial charge in [0.15, 0.2) is 6.54 Å². The Morgan fingerprint density at radius 3 is 1.75 bits per heavy atom. The van der Waals surface area contributed by atoms with Gasteiger partial charge in [-0.2, -0.15) is 0 Å². The Kier molecular flexibility index (Phi) is 9.86. The fourth-order valence-electron chi connectivity index (χ4n) is 0.849. The molecule has 0 aliphatic heterocycles. The van der Waals surface area contributed by atoms with Crippen molar-refractivity contribution in [3.8, 4) is 0 Å². The molecule has 0 bridgehead atoms. The predicted molar refractivity (Wildman–Crippen MR) is 45.5 cm³/mol. The summed E-state index contributed by atoms with van der Waals surface area (Å²) in [4.78, 5) is 15.0. The molecule has 0 aliphatic rings. The lowest BCUT2D eigenvalue weighted by Crippen LogP contribution is -3.00. The molecule has 0 heterocycles. The van der Waals surface area contributed by atoms with Crippen LogP contribution in [-0.4, -0.2) is 43.1 Å². The first-order valence-corrected chi connectivity index (χ1v) is 5.21. The average Bonchev–Trinajstić information content (AvgIpc) is 2.08. The summed E-state index contributed by atoms with van der Waals surface area (Å²) >= 11 is 0. The fraction of sp³-hybridized carbons (Fsp3) is 1.00. The van der Waals surface area contributed by atoms with E-state index >= 15 is 0 Å². The molecule has 0 unspecified atom stereocenters. The Morgan fingerprint density at radius 2 is 1.50 bits per heavy atom. The van der Waals surface area contributed by atoms with E-state index in [0.717, 1.165) is 13.0 Å². The first-order chi connectivity index (χ1) is 5.24. The van der Waals surface area contributed by atoms with Gasteiger partial charge in [0.05, 0.1) is 4.97 Å². The highest BCUT2D eigenvalue weighted by molar-refractivity contribution is 6.08. The number of hydrogen-bond donors (Lipinski definition) is 0. The maximum Gasteiger partial charge on any atom is 0.178 e. The first kappa shape index (κ1) is 14.8. The monoisotopic (exact) mass is 215 g/mol. The molecule has 4 nitrogen and oxygen atoms in total. The molecular weight excluding hydrogens is 198 g/mol. The number of hydroxylamine groups is 3. The van der Waals surface area contributed by atoms with Crippen LogP contribution in [0.3, 0.4) is 0 Å². The van der Waals surface area contributed by atoms with Gasteiger partial charge in [0, 0.05) is 16.7 Å². The highest BCUT2D eigenvalue weighted by Gasteiger charge is 2.29. The minimum Gasteiger partial charge on any atom is -1.00 e. The zero-order valence-corrected chi connectivity index (χ0v) is 10.9. The second-order valence-electron chi connectivity index (χ2n) is 2.24. The van der Waals surface area contributed by atoms with Crippen molar-refractivity contribution in [3.63, 3.8) is 0 Å². The van der Waals surface area contributed by atoms with Crippen molar-refractivity contribution in [2.24, 2.45) is 0 Å². The van der Waals surface area contributed by atoms with E-state index in [-0.39, 0.29) is 17.4 Å². The van der Waals surface area contributed by atoms with E-state index in [2.05, 4.69) is 0 Å². The maximum atomic E-state index is 5.05. The van der Waals surface area contributed by atoms with Gasteiger partial charge in [-0.3, -0.25) is 0 Å². The smallest absolute Gasteiger partial charge is 0.178 e. The molecule has 0 aromatic rings. The molecule has 0 radical (unpaired) electrons. The van der Waals surface area contributed by atoms with Crippen molar-refractivity contribution in [2.45, 2.75) is 12.5 Å². The third kappa shape index (κ3) is 4.39. The molecule has 6 heteroatoms. The minimum absolute atomic E-state index is 0. The van der Waals surface area contributed by atoms with Crippen LogP contribution in [0.1, 0.15) is 6.42 Å². The van der Waals surface area contributed by atoms with E-state index in [9.17, 15) is 0 Å². The second-order valence-corrected chi connectivity index (χ2v) is 3.24. The number of rotatable bonds is 6. The molecule has 0 aliphatic carbocycles. The lowest BCUT2D eigenvalue weighted by molar-refractivity contribution is -1.36. The summed E-state index contributed by atoms with van der Waals surface area (Å²) < 4.78 is 0. The second kappa shape index (κ2) is 7.97. The molecule has 0 aromatic carbocycles. The number of hydrogen-bond acceptors (Lipinski definition) is 3. The van der Waals surface area contributed by atoms with Gasteiger partial charge in [-0.05, 0) is 0 Å². The van der Waals surface area contributed by atoms with Crippen molar-refractivity contribution in [1.82, 2.24) is 0 Å². The predicted octanol–water partition coefficient (Wildman–Crippen LogP) is -3.33. The van der Waals surface area contributed by atoms with Gasteiger partial charge >= 0.3 is 0 Å². The molecule has 0 spiro atoms. The largest absolute Gasteiger partial charge is 1.00 e. The van der Waals surface area contributed by atoms with Gasteiger partial charge in [0.25, 0.3) is 0 Å². The molecule has 0 N–H and O–H groups in total. The summed E-state index contributed by atoms with van der Waals surface area (Å²) in [6.07, 6.45) is 1.07. The van der Waals surface area contributed by atoms with Crippen LogP contribution in [0.2, 0.25) is 6.04 Å². The van der Waals surface area contributed by atoms with Crippen molar-refractivity contribution in [2.75, 3.05) is 27.9 Å². The van der Waals surface area contributed by atoms with Gasteiger partial charge < -0.3 is 12.4 Å². The standard InChI is InChI=1S/C6H18NO3Si.ClH/c1-8-7(9-2,10-3)5-4-6-11;/h4-6H2,1-3,11H3;1H/q+1;/p-1. The third-order valence-electron chi connectivity index (χ3n) is 1.62. The molecule has 0 fully saturated rings. The number of nitrogens with zero attached hydrogens (tertiary/aromatic N) is 1. The molecule has 0 saturated carbocycles. The van der Waals surface area contributed by atoms with Gasteiger partial charge in [-0.25, -0.2) is 0 Å². The van der Waals surface area contributed by atoms with Crippen molar-refractivity contribution in [3.05, 3.63) is 0 Å². The topological polar surface area (TPSA) is 27.7 Å². The molecule has 0 atom stereocenters. The molecule has 0 rings (SSSR count). The maximum absolute atomic E-state index is 5.05. The normalized spacial score (nSPS) is 11.2. The van der Waals surface area contributed by atoms with Crippen LogP contribution >= 0.6 is 0 Å². The quantitative estimate of drug-likeness (QED) is 0.264. The minimum atomic E-state index is -0.164. The highest BCUT2D eigenvalue weighted by Crippen LogP contribution is 2.09. The van der Waals surface area contributed by atoms with E-state index in [1.807, 2.05) is 0 Å². The van der Waals surface area contributed by atoms with Crippen LogP contribution < -0.4 is 12.4 Å². The van der Waals surface area contributed by atoms with Crippen LogP contribution in [0.25, 0.3) is 0 Å². The lowest BCUT2D eigenvalue weighted by Gasteiger charge is -2.24. The first-order valence-electron chi connectivity index (χ1n) is 3.80. The SMILES string of the molecule is CO[N+](CCC[SiH3])(OC)OC.[Cl-]. The van der Waals surface area contributed by atoms with Crippen molar-refractivity contribution in [1.29, 1.82) is 0 Å².